The van der Waals surface area contributed by atoms with Crippen molar-refractivity contribution in [1.29, 1.82) is 5.26 Å². The minimum absolute atomic E-state index is 0.113. The topological polar surface area (TPSA) is 99.2 Å². The van der Waals surface area contributed by atoms with E-state index in [0.717, 1.165) is 25.7 Å². The lowest BCUT2D eigenvalue weighted by Crippen LogP contribution is -2.38. The summed E-state index contributed by atoms with van der Waals surface area (Å²) in [5.74, 6) is 0.142. The Morgan fingerprint density at radius 2 is 2.11 bits per heavy atom. The molecule has 1 atom stereocenters. The maximum atomic E-state index is 13.0. The molecule has 0 bridgehead atoms. The first kappa shape index (κ1) is 18.6. The number of likely N-dealkylation sites (tertiary alicyclic amines) is 1. The Morgan fingerprint density at radius 1 is 1.33 bits per heavy atom. The summed E-state index contributed by atoms with van der Waals surface area (Å²) in [5, 5.41) is 15.5. The van der Waals surface area contributed by atoms with Gasteiger partial charge in [-0.25, -0.2) is 0 Å². The number of rotatable bonds is 5. The van der Waals surface area contributed by atoms with Crippen molar-refractivity contribution in [1.82, 2.24) is 15.4 Å². The zero-order valence-electron chi connectivity index (χ0n) is 15.3. The molecule has 0 radical (unpaired) electrons. The van der Waals surface area contributed by atoms with Crippen molar-refractivity contribution in [2.24, 2.45) is 0 Å². The zero-order chi connectivity index (χ0) is 19.2. The summed E-state index contributed by atoms with van der Waals surface area (Å²) in [6.45, 7) is 3.17. The number of hydrogen-bond donors (Lipinski definition) is 1. The monoisotopic (exact) mass is 366 g/mol. The van der Waals surface area contributed by atoms with Gasteiger partial charge in [-0.05, 0) is 49.9 Å². The number of aromatic nitrogens is 1. The van der Waals surface area contributed by atoms with Crippen LogP contribution in [-0.4, -0.2) is 35.0 Å². The van der Waals surface area contributed by atoms with Gasteiger partial charge in [-0.2, -0.15) is 5.26 Å². The first-order valence-corrected chi connectivity index (χ1v) is 9.20. The number of carbonyl (C=O) groups is 2. The molecule has 0 spiro atoms. The Morgan fingerprint density at radius 3 is 2.81 bits per heavy atom. The van der Waals surface area contributed by atoms with Gasteiger partial charge in [0, 0.05) is 24.7 Å². The molecular weight excluding hydrogens is 344 g/mol. The lowest BCUT2D eigenvalue weighted by atomic mass is 9.98. The number of nitrogens with zero attached hydrogens (tertiary/aromatic N) is 3. The van der Waals surface area contributed by atoms with Crippen LogP contribution < -0.4 is 5.32 Å². The third-order valence-corrected chi connectivity index (χ3v) is 4.65. The standard InChI is InChI=1S/C20H22N4O3/c1-2-10-22-19(25)16-12-18(27-23-16)17-5-3-4-11-24(17)20(26)15-8-6-14(13-21)7-9-15/h6-9,12,17H,2-5,10-11H2,1H3,(H,22,25). The van der Waals surface area contributed by atoms with Crippen LogP contribution in [0.15, 0.2) is 34.9 Å². The van der Waals surface area contributed by atoms with Crippen LogP contribution in [0.3, 0.4) is 0 Å². The number of benzene rings is 1. The fourth-order valence-corrected chi connectivity index (χ4v) is 3.21. The average molecular weight is 366 g/mol. The van der Waals surface area contributed by atoms with E-state index in [-0.39, 0.29) is 23.6 Å². The Hall–Kier alpha value is -3.14. The highest BCUT2D eigenvalue weighted by atomic mass is 16.5. The van der Waals surface area contributed by atoms with Gasteiger partial charge >= 0.3 is 0 Å². The first-order valence-electron chi connectivity index (χ1n) is 9.20. The van der Waals surface area contributed by atoms with E-state index < -0.39 is 0 Å². The summed E-state index contributed by atoms with van der Waals surface area (Å²) in [4.78, 5) is 26.8. The summed E-state index contributed by atoms with van der Waals surface area (Å²) in [7, 11) is 0. The number of nitriles is 1. The molecule has 7 heteroatoms. The molecule has 0 aliphatic carbocycles. The van der Waals surface area contributed by atoms with Gasteiger partial charge < -0.3 is 14.7 Å². The predicted molar refractivity (Wildman–Crippen MR) is 97.9 cm³/mol. The minimum atomic E-state index is -0.271. The van der Waals surface area contributed by atoms with Crippen LogP contribution in [-0.2, 0) is 0 Å². The Kier molecular flexibility index (Phi) is 5.87. The second kappa shape index (κ2) is 8.49. The largest absolute Gasteiger partial charge is 0.358 e. The molecule has 1 saturated heterocycles. The van der Waals surface area contributed by atoms with Crippen molar-refractivity contribution in [2.45, 2.75) is 38.6 Å². The van der Waals surface area contributed by atoms with Gasteiger partial charge in [0.15, 0.2) is 11.5 Å². The van der Waals surface area contributed by atoms with Crippen LogP contribution in [0, 0.1) is 11.3 Å². The average Bonchev–Trinajstić information content (AvgIpc) is 3.22. The molecule has 1 aromatic carbocycles. The van der Waals surface area contributed by atoms with E-state index >= 15 is 0 Å². The van der Waals surface area contributed by atoms with Crippen molar-refractivity contribution in [3.05, 3.63) is 52.9 Å². The Balaban J connectivity index is 1.79. The highest BCUT2D eigenvalue weighted by molar-refractivity contribution is 5.95. The molecule has 27 heavy (non-hydrogen) atoms. The van der Waals surface area contributed by atoms with Crippen molar-refractivity contribution >= 4 is 11.8 Å². The van der Waals surface area contributed by atoms with Crippen LogP contribution >= 0.6 is 0 Å². The SMILES string of the molecule is CCCNC(=O)c1cc(C2CCCCN2C(=O)c2ccc(C#N)cc2)on1. The van der Waals surface area contributed by atoms with Crippen molar-refractivity contribution < 1.29 is 14.1 Å². The van der Waals surface area contributed by atoms with Crippen LogP contribution in [0.2, 0.25) is 0 Å². The van der Waals surface area contributed by atoms with Crippen molar-refractivity contribution in [3.63, 3.8) is 0 Å². The Bertz CT molecular complexity index is 851. The second-order valence-corrected chi connectivity index (χ2v) is 6.57. The van der Waals surface area contributed by atoms with E-state index in [0.29, 0.717) is 30.0 Å². The first-order chi connectivity index (χ1) is 13.1. The number of amides is 2. The fourth-order valence-electron chi connectivity index (χ4n) is 3.21. The molecule has 140 valence electrons. The van der Waals surface area contributed by atoms with Crippen molar-refractivity contribution in [2.75, 3.05) is 13.1 Å². The van der Waals surface area contributed by atoms with Gasteiger partial charge in [-0.15, -0.1) is 0 Å². The molecule has 1 unspecified atom stereocenters. The summed E-state index contributed by atoms with van der Waals surface area (Å²) >= 11 is 0. The summed E-state index contributed by atoms with van der Waals surface area (Å²) in [5.41, 5.74) is 1.27. The summed E-state index contributed by atoms with van der Waals surface area (Å²) in [6, 6.07) is 10.0. The third kappa shape index (κ3) is 4.17. The molecule has 0 saturated carbocycles. The number of hydrogen-bond acceptors (Lipinski definition) is 5. The maximum absolute atomic E-state index is 13.0. The number of nitrogens with one attached hydrogen (secondary N) is 1. The molecular formula is C20H22N4O3. The molecule has 7 nitrogen and oxygen atoms in total. The molecule has 1 aliphatic rings. The van der Waals surface area contributed by atoms with Crippen LogP contribution in [0.4, 0.5) is 0 Å². The van der Waals surface area contributed by atoms with Gasteiger partial charge in [0.2, 0.25) is 0 Å². The lowest BCUT2D eigenvalue weighted by molar-refractivity contribution is 0.0569. The number of carbonyl (C=O) groups excluding carboxylic acids is 2. The van der Waals surface area contributed by atoms with Gasteiger partial charge in [-0.1, -0.05) is 12.1 Å². The second-order valence-electron chi connectivity index (χ2n) is 6.57. The lowest BCUT2D eigenvalue weighted by Gasteiger charge is -2.34. The molecule has 3 rings (SSSR count). The van der Waals surface area contributed by atoms with Crippen LogP contribution in [0.1, 0.15) is 70.8 Å². The molecule has 1 aromatic heterocycles. The highest BCUT2D eigenvalue weighted by Gasteiger charge is 2.32. The van der Waals surface area contributed by atoms with Crippen molar-refractivity contribution in [3.8, 4) is 6.07 Å². The smallest absolute Gasteiger partial charge is 0.273 e. The van der Waals surface area contributed by atoms with E-state index in [1.54, 1.807) is 35.2 Å². The Labute approximate surface area is 157 Å². The summed E-state index contributed by atoms with van der Waals surface area (Å²) in [6.07, 6.45) is 3.48. The predicted octanol–water partition coefficient (Wildman–Crippen LogP) is 3.05. The minimum Gasteiger partial charge on any atom is -0.358 e. The quantitative estimate of drug-likeness (QED) is 0.877. The van der Waals surface area contributed by atoms with Gasteiger partial charge in [0.25, 0.3) is 11.8 Å². The molecule has 2 heterocycles. The van der Waals surface area contributed by atoms with Gasteiger partial charge in [-0.3, -0.25) is 9.59 Å². The third-order valence-electron chi connectivity index (χ3n) is 4.65. The maximum Gasteiger partial charge on any atom is 0.273 e. The molecule has 1 N–H and O–H groups in total. The van der Waals surface area contributed by atoms with Gasteiger partial charge in [0.1, 0.15) is 0 Å². The van der Waals surface area contributed by atoms with E-state index in [9.17, 15) is 9.59 Å². The van der Waals surface area contributed by atoms with Crippen LogP contribution in [0.5, 0.6) is 0 Å². The van der Waals surface area contributed by atoms with Crippen LogP contribution in [0.25, 0.3) is 0 Å². The van der Waals surface area contributed by atoms with E-state index in [1.165, 1.54) is 0 Å². The fraction of sp³-hybridized carbons (Fsp3) is 0.400. The van der Waals surface area contributed by atoms with E-state index in [4.69, 9.17) is 9.78 Å². The molecule has 2 amide bonds. The molecule has 1 aliphatic heterocycles. The summed E-state index contributed by atoms with van der Waals surface area (Å²) < 4.78 is 5.41. The number of piperidine rings is 1. The highest BCUT2D eigenvalue weighted by Crippen LogP contribution is 2.32. The normalized spacial score (nSPS) is 16.6. The van der Waals surface area contributed by atoms with Gasteiger partial charge in [0.05, 0.1) is 17.7 Å². The van der Waals surface area contributed by atoms with E-state index in [2.05, 4.69) is 10.5 Å². The van der Waals surface area contributed by atoms with E-state index in [1.807, 2.05) is 13.0 Å². The zero-order valence-corrected chi connectivity index (χ0v) is 15.3. The molecule has 1 fully saturated rings. The molecule has 2 aromatic rings.